The summed E-state index contributed by atoms with van der Waals surface area (Å²) < 4.78 is 4.63. The standard InChI is InChI=1S/C11H13ClO2/c1-7(2)9-6-8(11(13)14-3)4-5-10(9)12/h4-7H,1-3H3. The summed E-state index contributed by atoms with van der Waals surface area (Å²) in [5.41, 5.74) is 1.51. The summed E-state index contributed by atoms with van der Waals surface area (Å²) >= 11 is 5.99. The van der Waals surface area contributed by atoms with E-state index in [9.17, 15) is 4.79 Å². The lowest BCUT2D eigenvalue weighted by molar-refractivity contribution is 0.0600. The Morgan fingerprint density at radius 1 is 1.43 bits per heavy atom. The fourth-order valence-corrected chi connectivity index (χ4v) is 1.57. The van der Waals surface area contributed by atoms with Crippen LogP contribution in [0.5, 0.6) is 0 Å². The first-order chi connectivity index (χ1) is 6.56. The SMILES string of the molecule is COC(=O)c1ccc(Cl)c(C(C)C)c1. The Morgan fingerprint density at radius 2 is 2.07 bits per heavy atom. The first-order valence-corrected chi connectivity index (χ1v) is 4.81. The Hall–Kier alpha value is -1.02. The van der Waals surface area contributed by atoms with Crippen LogP contribution in [0.25, 0.3) is 0 Å². The average molecular weight is 213 g/mol. The number of hydrogen-bond acceptors (Lipinski definition) is 2. The van der Waals surface area contributed by atoms with Gasteiger partial charge in [0.1, 0.15) is 0 Å². The van der Waals surface area contributed by atoms with Crippen LogP contribution in [0.2, 0.25) is 5.02 Å². The molecular formula is C11H13ClO2. The van der Waals surface area contributed by atoms with E-state index in [1.165, 1.54) is 7.11 Å². The zero-order chi connectivity index (χ0) is 10.7. The fourth-order valence-electron chi connectivity index (χ4n) is 1.23. The van der Waals surface area contributed by atoms with Gasteiger partial charge in [0.05, 0.1) is 12.7 Å². The maximum absolute atomic E-state index is 11.2. The van der Waals surface area contributed by atoms with Crippen molar-refractivity contribution in [2.45, 2.75) is 19.8 Å². The van der Waals surface area contributed by atoms with E-state index < -0.39 is 0 Å². The van der Waals surface area contributed by atoms with Gasteiger partial charge in [-0.1, -0.05) is 25.4 Å². The molecule has 0 radical (unpaired) electrons. The summed E-state index contributed by atoms with van der Waals surface area (Å²) in [5.74, 6) is -0.0318. The maximum atomic E-state index is 11.2. The van der Waals surface area contributed by atoms with Crippen LogP contribution in [-0.4, -0.2) is 13.1 Å². The molecular weight excluding hydrogens is 200 g/mol. The van der Waals surface area contributed by atoms with Gasteiger partial charge in [-0.05, 0) is 29.7 Å². The second-order valence-electron chi connectivity index (χ2n) is 3.38. The van der Waals surface area contributed by atoms with Crippen molar-refractivity contribution in [1.82, 2.24) is 0 Å². The van der Waals surface area contributed by atoms with E-state index in [0.29, 0.717) is 16.5 Å². The summed E-state index contributed by atoms with van der Waals surface area (Å²) in [6.45, 7) is 4.06. The van der Waals surface area contributed by atoms with E-state index >= 15 is 0 Å². The second kappa shape index (κ2) is 4.47. The van der Waals surface area contributed by atoms with Gasteiger partial charge in [0.25, 0.3) is 0 Å². The summed E-state index contributed by atoms with van der Waals surface area (Å²) in [6, 6.07) is 5.17. The number of halogens is 1. The lowest BCUT2D eigenvalue weighted by Gasteiger charge is -2.09. The van der Waals surface area contributed by atoms with Crippen molar-refractivity contribution >= 4 is 17.6 Å². The first kappa shape index (κ1) is 11.1. The molecule has 0 spiro atoms. The highest BCUT2D eigenvalue weighted by Crippen LogP contribution is 2.25. The number of ether oxygens (including phenoxy) is 1. The molecule has 0 fully saturated rings. The van der Waals surface area contributed by atoms with Crippen molar-refractivity contribution in [1.29, 1.82) is 0 Å². The molecule has 0 saturated heterocycles. The number of benzene rings is 1. The highest BCUT2D eigenvalue weighted by atomic mass is 35.5. The molecule has 14 heavy (non-hydrogen) atoms. The average Bonchev–Trinajstić information content (AvgIpc) is 2.17. The zero-order valence-electron chi connectivity index (χ0n) is 8.50. The maximum Gasteiger partial charge on any atom is 0.337 e. The molecule has 0 aliphatic heterocycles. The molecule has 0 aliphatic rings. The molecule has 0 aromatic heterocycles. The summed E-state index contributed by atoms with van der Waals surface area (Å²) in [7, 11) is 1.37. The van der Waals surface area contributed by atoms with Crippen LogP contribution < -0.4 is 0 Å². The Kier molecular flexibility index (Phi) is 3.53. The molecule has 0 saturated carbocycles. The monoisotopic (exact) mass is 212 g/mol. The van der Waals surface area contributed by atoms with Crippen LogP contribution in [0.4, 0.5) is 0 Å². The van der Waals surface area contributed by atoms with Crippen molar-refractivity contribution in [2.75, 3.05) is 7.11 Å². The van der Waals surface area contributed by atoms with Gasteiger partial charge in [0, 0.05) is 5.02 Å². The smallest absolute Gasteiger partial charge is 0.337 e. The molecule has 0 unspecified atom stereocenters. The third-order valence-corrected chi connectivity index (χ3v) is 2.38. The summed E-state index contributed by atoms with van der Waals surface area (Å²) in [6.07, 6.45) is 0. The Bertz CT molecular complexity index is 345. The first-order valence-electron chi connectivity index (χ1n) is 4.44. The number of methoxy groups -OCH3 is 1. The van der Waals surface area contributed by atoms with Crippen LogP contribution in [0, 0.1) is 0 Å². The number of carbonyl (C=O) groups excluding carboxylic acids is 1. The predicted octanol–water partition coefficient (Wildman–Crippen LogP) is 3.25. The van der Waals surface area contributed by atoms with E-state index in [2.05, 4.69) is 4.74 Å². The minimum Gasteiger partial charge on any atom is -0.465 e. The zero-order valence-corrected chi connectivity index (χ0v) is 9.26. The van der Waals surface area contributed by atoms with Crippen molar-refractivity contribution in [3.05, 3.63) is 34.3 Å². The number of carbonyl (C=O) groups is 1. The highest BCUT2D eigenvalue weighted by molar-refractivity contribution is 6.31. The molecule has 0 aliphatic carbocycles. The van der Waals surface area contributed by atoms with Gasteiger partial charge >= 0.3 is 5.97 Å². The third kappa shape index (κ3) is 2.26. The molecule has 0 heterocycles. The molecule has 76 valence electrons. The lowest BCUT2D eigenvalue weighted by atomic mass is 10.0. The van der Waals surface area contributed by atoms with Crippen molar-refractivity contribution in [3.8, 4) is 0 Å². The van der Waals surface area contributed by atoms with Crippen LogP contribution in [0.3, 0.4) is 0 Å². The van der Waals surface area contributed by atoms with Crippen molar-refractivity contribution in [3.63, 3.8) is 0 Å². The molecule has 0 amide bonds. The van der Waals surface area contributed by atoms with Gasteiger partial charge in [-0.25, -0.2) is 4.79 Å². The number of rotatable bonds is 2. The normalized spacial score (nSPS) is 10.4. The van der Waals surface area contributed by atoms with Gasteiger partial charge in [-0.15, -0.1) is 0 Å². The molecule has 2 nitrogen and oxygen atoms in total. The van der Waals surface area contributed by atoms with Crippen molar-refractivity contribution < 1.29 is 9.53 Å². The van der Waals surface area contributed by atoms with Gasteiger partial charge in [-0.3, -0.25) is 0 Å². The summed E-state index contributed by atoms with van der Waals surface area (Å²) in [5, 5.41) is 0.688. The third-order valence-electron chi connectivity index (χ3n) is 2.04. The minimum atomic E-state index is -0.330. The van der Waals surface area contributed by atoms with Crippen molar-refractivity contribution in [2.24, 2.45) is 0 Å². The molecule has 1 rings (SSSR count). The van der Waals surface area contributed by atoms with Gasteiger partial charge < -0.3 is 4.74 Å². The van der Waals surface area contributed by atoms with Gasteiger partial charge in [-0.2, -0.15) is 0 Å². The highest BCUT2D eigenvalue weighted by Gasteiger charge is 2.10. The Labute approximate surface area is 88.8 Å². The molecule has 1 aromatic rings. The van der Waals surface area contributed by atoms with E-state index in [-0.39, 0.29) is 5.97 Å². The quantitative estimate of drug-likeness (QED) is 0.704. The topological polar surface area (TPSA) is 26.3 Å². The van der Waals surface area contributed by atoms with E-state index in [4.69, 9.17) is 11.6 Å². The second-order valence-corrected chi connectivity index (χ2v) is 3.79. The molecule has 1 aromatic carbocycles. The Balaban J connectivity index is 3.13. The van der Waals surface area contributed by atoms with Gasteiger partial charge in [0.2, 0.25) is 0 Å². The fraction of sp³-hybridized carbons (Fsp3) is 0.364. The van der Waals surface area contributed by atoms with Gasteiger partial charge in [0.15, 0.2) is 0 Å². The molecule has 0 N–H and O–H groups in total. The van der Waals surface area contributed by atoms with E-state index in [0.717, 1.165) is 5.56 Å². The largest absolute Gasteiger partial charge is 0.465 e. The molecule has 0 atom stereocenters. The van der Waals surface area contributed by atoms with Crippen LogP contribution in [-0.2, 0) is 4.74 Å². The minimum absolute atomic E-state index is 0.298. The summed E-state index contributed by atoms with van der Waals surface area (Å²) in [4.78, 5) is 11.2. The predicted molar refractivity (Wildman–Crippen MR) is 56.9 cm³/mol. The van der Waals surface area contributed by atoms with E-state index in [1.54, 1.807) is 18.2 Å². The molecule has 0 bridgehead atoms. The van der Waals surface area contributed by atoms with Crippen LogP contribution >= 0.6 is 11.6 Å². The van der Waals surface area contributed by atoms with E-state index in [1.807, 2.05) is 13.8 Å². The lowest BCUT2D eigenvalue weighted by Crippen LogP contribution is -2.02. The van der Waals surface area contributed by atoms with Crippen LogP contribution in [0.15, 0.2) is 18.2 Å². The van der Waals surface area contributed by atoms with Crippen LogP contribution in [0.1, 0.15) is 35.7 Å². The Morgan fingerprint density at radius 3 is 2.57 bits per heavy atom. The number of esters is 1. The number of hydrogen-bond donors (Lipinski definition) is 0. The molecule has 3 heteroatoms.